The van der Waals surface area contributed by atoms with Crippen LogP contribution in [0.5, 0.6) is 0 Å². The van der Waals surface area contributed by atoms with Crippen molar-refractivity contribution in [1.29, 1.82) is 0 Å². The Morgan fingerprint density at radius 2 is 2.10 bits per heavy atom. The maximum absolute atomic E-state index is 12.2. The summed E-state index contributed by atoms with van der Waals surface area (Å²) in [7, 11) is 0. The smallest absolute Gasteiger partial charge is 0.350 e. The molecule has 0 bridgehead atoms. The van der Waals surface area contributed by atoms with E-state index >= 15 is 0 Å². The summed E-state index contributed by atoms with van der Waals surface area (Å²) in [6.07, 6.45) is 0. The van der Waals surface area contributed by atoms with Crippen LogP contribution in [-0.4, -0.2) is 23.5 Å². The van der Waals surface area contributed by atoms with Crippen molar-refractivity contribution < 1.29 is 14.3 Å². The van der Waals surface area contributed by atoms with Gasteiger partial charge in [0.2, 0.25) is 0 Å². The molecule has 110 valence electrons. The van der Waals surface area contributed by atoms with Gasteiger partial charge in [-0.3, -0.25) is 10.1 Å². The van der Waals surface area contributed by atoms with E-state index in [1.165, 1.54) is 0 Å². The zero-order valence-corrected chi connectivity index (χ0v) is 14.4. The number of hydrogen-bond acceptors (Lipinski definition) is 5. The minimum atomic E-state index is -0.415. The van der Waals surface area contributed by atoms with Crippen molar-refractivity contribution in [3.63, 3.8) is 0 Å². The molecule has 0 fully saturated rings. The lowest BCUT2D eigenvalue weighted by molar-refractivity contribution is 0.0531. The monoisotopic (exact) mass is 416 g/mol. The first-order valence-corrected chi connectivity index (χ1v) is 8.13. The van der Waals surface area contributed by atoms with Gasteiger partial charge in [-0.05, 0) is 48.6 Å². The number of amides is 1. The summed E-state index contributed by atoms with van der Waals surface area (Å²) in [5.74, 6) is -0.661. The van der Waals surface area contributed by atoms with E-state index in [1.807, 2.05) is 12.1 Å². The molecule has 0 spiro atoms. The molecule has 0 aliphatic heterocycles. The van der Waals surface area contributed by atoms with Crippen LogP contribution >= 0.6 is 33.9 Å². The number of nitrogens with zero attached hydrogens (tertiary/aromatic N) is 1. The molecule has 0 saturated carbocycles. The summed E-state index contributed by atoms with van der Waals surface area (Å²) in [4.78, 5) is 28.5. The number of carbonyl (C=O) groups excluding carboxylic acids is 2. The highest BCUT2D eigenvalue weighted by molar-refractivity contribution is 14.1. The molecule has 0 saturated heterocycles. The number of aryl methyl sites for hydroxylation is 1. The number of rotatable bonds is 4. The molecule has 0 atom stereocenters. The number of benzene rings is 1. The number of ether oxygens (including phenoxy) is 1. The molecule has 1 aromatic carbocycles. The Balaban J connectivity index is 2.17. The number of aromatic nitrogens is 1. The molecule has 5 nitrogen and oxygen atoms in total. The number of carbonyl (C=O) groups is 2. The van der Waals surface area contributed by atoms with Gasteiger partial charge in [0.15, 0.2) is 5.13 Å². The highest BCUT2D eigenvalue weighted by atomic mass is 127. The predicted molar refractivity (Wildman–Crippen MR) is 89.9 cm³/mol. The van der Waals surface area contributed by atoms with Gasteiger partial charge in [-0.15, -0.1) is 0 Å². The van der Waals surface area contributed by atoms with Gasteiger partial charge < -0.3 is 4.74 Å². The first kappa shape index (κ1) is 15.9. The molecule has 7 heteroatoms. The zero-order chi connectivity index (χ0) is 15.4. The predicted octanol–water partition coefficient (Wildman–Crippen LogP) is 3.49. The largest absolute Gasteiger partial charge is 0.462 e. The van der Waals surface area contributed by atoms with E-state index in [4.69, 9.17) is 4.74 Å². The molecule has 1 heterocycles. The second-order valence-corrected chi connectivity index (χ2v) is 6.25. The third-order valence-electron chi connectivity index (χ3n) is 2.60. The number of hydrogen-bond donors (Lipinski definition) is 1. The van der Waals surface area contributed by atoms with Crippen LogP contribution in [0.15, 0.2) is 24.3 Å². The first-order valence-electron chi connectivity index (χ1n) is 6.23. The average molecular weight is 416 g/mol. The van der Waals surface area contributed by atoms with Crippen molar-refractivity contribution >= 4 is 50.9 Å². The van der Waals surface area contributed by atoms with Crippen LogP contribution in [-0.2, 0) is 4.74 Å². The molecule has 0 radical (unpaired) electrons. The topological polar surface area (TPSA) is 68.3 Å². The van der Waals surface area contributed by atoms with Crippen LogP contribution < -0.4 is 5.32 Å². The highest BCUT2D eigenvalue weighted by Crippen LogP contribution is 2.24. The van der Waals surface area contributed by atoms with Gasteiger partial charge >= 0.3 is 5.97 Å². The SMILES string of the molecule is CCOC(=O)c1sc(NC(=O)c2ccccc2I)nc1C. The summed E-state index contributed by atoms with van der Waals surface area (Å²) in [5.41, 5.74) is 1.13. The lowest BCUT2D eigenvalue weighted by atomic mass is 10.2. The first-order chi connectivity index (χ1) is 10.0. The van der Waals surface area contributed by atoms with Gasteiger partial charge in [-0.2, -0.15) is 0 Å². The molecular weight excluding hydrogens is 403 g/mol. The van der Waals surface area contributed by atoms with Crippen LogP contribution in [0.4, 0.5) is 5.13 Å². The van der Waals surface area contributed by atoms with Crippen molar-refractivity contribution in [2.45, 2.75) is 13.8 Å². The van der Waals surface area contributed by atoms with Crippen molar-refractivity contribution in [2.24, 2.45) is 0 Å². The van der Waals surface area contributed by atoms with Crippen molar-refractivity contribution in [2.75, 3.05) is 11.9 Å². The van der Waals surface area contributed by atoms with Crippen molar-refractivity contribution in [3.8, 4) is 0 Å². The van der Waals surface area contributed by atoms with E-state index < -0.39 is 5.97 Å². The van der Waals surface area contributed by atoms with Gasteiger partial charge in [-0.1, -0.05) is 23.5 Å². The second-order valence-electron chi connectivity index (χ2n) is 4.09. The minimum Gasteiger partial charge on any atom is -0.462 e. The van der Waals surface area contributed by atoms with E-state index in [-0.39, 0.29) is 5.91 Å². The summed E-state index contributed by atoms with van der Waals surface area (Å²) in [6, 6.07) is 7.26. The van der Waals surface area contributed by atoms with Gasteiger partial charge in [0.1, 0.15) is 4.88 Å². The van der Waals surface area contributed by atoms with E-state index in [2.05, 4.69) is 32.9 Å². The van der Waals surface area contributed by atoms with Crippen LogP contribution in [0, 0.1) is 10.5 Å². The highest BCUT2D eigenvalue weighted by Gasteiger charge is 2.18. The van der Waals surface area contributed by atoms with Gasteiger partial charge in [0, 0.05) is 3.57 Å². The molecule has 0 aliphatic rings. The van der Waals surface area contributed by atoms with Crippen LogP contribution in [0.25, 0.3) is 0 Å². The molecule has 21 heavy (non-hydrogen) atoms. The summed E-state index contributed by atoms with van der Waals surface area (Å²) >= 11 is 3.22. The average Bonchev–Trinajstić information content (AvgIpc) is 2.80. The Labute approximate surface area is 139 Å². The van der Waals surface area contributed by atoms with Crippen LogP contribution in [0.1, 0.15) is 32.6 Å². The van der Waals surface area contributed by atoms with Gasteiger partial charge in [0.25, 0.3) is 5.91 Å². The number of nitrogens with one attached hydrogen (secondary N) is 1. The molecular formula is C14H13IN2O3S. The number of halogens is 1. The molecule has 2 rings (SSSR count). The fourth-order valence-corrected chi connectivity index (χ4v) is 3.13. The maximum atomic E-state index is 12.2. The standard InChI is InChI=1S/C14H13IN2O3S/c1-3-20-13(19)11-8(2)16-14(21-11)17-12(18)9-6-4-5-7-10(9)15/h4-7H,3H2,1-2H3,(H,16,17,18). The quantitative estimate of drug-likeness (QED) is 0.612. The third-order valence-corrected chi connectivity index (χ3v) is 4.59. The lowest BCUT2D eigenvalue weighted by Crippen LogP contribution is -2.13. The van der Waals surface area contributed by atoms with E-state index in [0.29, 0.717) is 27.9 Å². The maximum Gasteiger partial charge on any atom is 0.350 e. The molecule has 1 N–H and O–H groups in total. The lowest BCUT2D eigenvalue weighted by Gasteiger charge is -2.03. The minimum absolute atomic E-state index is 0.246. The summed E-state index contributed by atoms with van der Waals surface area (Å²) in [5, 5.41) is 3.10. The van der Waals surface area contributed by atoms with E-state index in [0.717, 1.165) is 14.9 Å². The second kappa shape index (κ2) is 6.99. The zero-order valence-electron chi connectivity index (χ0n) is 11.5. The number of anilines is 1. The van der Waals surface area contributed by atoms with Crippen LogP contribution in [0.3, 0.4) is 0 Å². The van der Waals surface area contributed by atoms with Crippen LogP contribution in [0.2, 0.25) is 0 Å². The Kier molecular flexibility index (Phi) is 5.29. The molecule has 1 aromatic heterocycles. The number of esters is 1. The van der Waals surface area contributed by atoms with Gasteiger partial charge in [0.05, 0.1) is 17.9 Å². The normalized spacial score (nSPS) is 10.2. The summed E-state index contributed by atoms with van der Waals surface area (Å²) in [6.45, 7) is 3.76. The Hall–Kier alpha value is -1.48. The summed E-state index contributed by atoms with van der Waals surface area (Å²) < 4.78 is 5.80. The van der Waals surface area contributed by atoms with Gasteiger partial charge in [-0.25, -0.2) is 9.78 Å². The molecule has 0 aliphatic carbocycles. The van der Waals surface area contributed by atoms with Crippen molar-refractivity contribution in [1.82, 2.24) is 4.98 Å². The fraction of sp³-hybridized carbons (Fsp3) is 0.214. The van der Waals surface area contributed by atoms with E-state index in [9.17, 15) is 9.59 Å². The molecule has 0 unspecified atom stereocenters. The molecule has 1 amide bonds. The van der Waals surface area contributed by atoms with E-state index in [1.54, 1.807) is 26.0 Å². The fourth-order valence-electron chi connectivity index (χ4n) is 1.65. The van der Waals surface area contributed by atoms with Crippen molar-refractivity contribution in [3.05, 3.63) is 44.0 Å². The Morgan fingerprint density at radius 3 is 2.76 bits per heavy atom. The Bertz CT molecular complexity index is 685. The third kappa shape index (κ3) is 3.79. The Morgan fingerprint density at radius 1 is 1.38 bits per heavy atom. The number of thiazole rings is 1. The molecule has 2 aromatic rings.